The second-order valence-electron chi connectivity index (χ2n) is 6.84. The number of nitrogens with two attached hydrogens (primary N) is 1. The average molecular weight is 431 g/mol. The van der Waals surface area contributed by atoms with Gasteiger partial charge in [-0.25, -0.2) is 0 Å². The van der Waals surface area contributed by atoms with Gasteiger partial charge in [0.2, 0.25) is 0 Å². The SMILES string of the molecule is NCCO.Oc1cccc(-c2cccc(OOc3cccc(-c4cccc(O)c4)c3)c2)c1. The van der Waals surface area contributed by atoms with Crippen LogP contribution in [0.25, 0.3) is 22.3 Å². The van der Waals surface area contributed by atoms with Crippen molar-refractivity contribution >= 4 is 0 Å². The maximum Gasteiger partial charge on any atom is 0.179 e. The first-order valence-corrected chi connectivity index (χ1v) is 10.0. The Kier molecular flexibility index (Phi) is 8.09. The molecule has 0 spiro atoms. The van der Waals surface area contributed by atoms with Crippen molar-refractivity contribution in [1.29, 1.82) is 0 Å². The Morgan fingerprint density at radius 2 is 0.906 bits per heavy atom. The minimum absolute atomic E-state index is 0.0972. The fourth-order valence-corrected chi connectivity index (χ4v) is 2.92. The lowest BCUT2D eigenvalue weighted by Gasteiger charge is -2.09. The van der Waals surface area contributed by atoms with Crippen LogP contribution in [0.4, 0.5) is 0 Å². The van der Waals surface area contributed by atoms with E-state index in [9.17, 15) is 10.2 Å². The molecule has 164 valence electrons. The van der Waals surface area contributed by atoms with Crippen molar-refractivity contribution in [2.24, 2.45) is 5.73 Å². The number of benzene rings is 4. The Morgan fingerprint density at radius 1 is 0.562 bits per heavy atom. The van der Waals surface area contributed by atoms with E-state index in [-0.39, 0.29) is 18.1 Å². The van der Waals surface area contributed by atoms with E-state index >= 15 is 0 Å². The Balaban J connectivity index is 0.000000668. The lowest BCUT2D eigenvalue weighted by atomic mass is 10.1. The van der Waals surface area contributed by atoms with Crippen LogP contribution >= 0.6 is 0 Å². The molecule has 0 atom stereocenters. The van der Waals surface area contributed by atoms with Crippen LogP contribution in [0, 0.1) is 0 Å². The minimum atomic E-state index is 0.0972. The smallest absolute Gasteiger partial charge is 0.179 e. The molecule has 0 bridgehead atoms. The van der Waals surface area contributed by atoms with Gasteiger partial charge in [0.1, 0.15) is 11.5 Å². The van der Waals surface area contributed by atoms with Gasteiger partial charge in [0.15, 0.2) is 11.5 Å². The Bertz CT molecular complexity index is 1060. The van der Waals surface area contributed by atoms with Gasteiger partial charge in [0, 0.05) is 6.54 Å². The van der Waals surface area contributed by atoms with Gasteiger partial charge in [-0.15, -0.1) is 0 Å². The molecule has 0 unspecified atom stereocenters. The van der Waals surface area contributed by atoms with Gasteiger partial charge in [0.05, 0.1) is 6.61 Å². The molecule has 0 saturated heterocycles. The summed E-state index contributed by atoms with van der Waals surface area (Å²) in [5, 5.41) is 27.1. The number of hydrogen-bond acceptors (Lipinski definition) is 6. The maximum atomic E-state index is 9.66. The van der Waals surface area contributed by atoms with Crippen molar-refractivity contribution in [3.63, 3.8) is 0 Å². The molecule has 0 radical (unpaired) electrons. The number of phenols is 2. The number of aliphatic hydroxyl groups is 1. The summed E-state index contributed by atoms with van der Waals surface area (Å²) in [6.45, 7) is 0.472. The first-order chi connectivity index (χ1) is 15.6. The second-order valence-corrected chi connectivity index (χ2v) is 6.84. The molecular weight excluding hydrogens is 406 g/mol. The number of aliphatic hydroxyl groups excluding tert-OH is 1. The highest BCUT2D eigenvalue weighted by Crippen LogP contribution is 2.29. The van der Waals surface area contributed by atoms with Crippen LogP contribution in [-0.2, 0) is 0 Å². The van der Waals surface area contributed by atoms with Gasteiger partial charge in [-0.05, 0) is 70.8 Å². The van der Waals surface area contributed by atoms with Crippen LogP contribution in [0.3, 0.4) is 0 Å². The molecular formula is C26H25NO5. The lowest BCUT2D eigenvalue weighted by molar-refractivity contribution is -0.0998. The molecule has 0 aliphatic carbocycles. The molecule has 4 aromatic rings. The Hall–Kier alpha value is -4.00. The molecule has 0 aliphatic rings. The minimum Gasteiger partial charge on any atom is -0.508 e. The third kappa shape index (κ3) is 6.50. The molecule has 4 rings (SSSR count). The summed E-state index contributed by atoms with van der Waals surface area (Å²) in [5.41, 5.74) is 8.36. The van der Waals surface area contributed by atoms with Crippen LogP contribution in [-0.4, -0.2) is 28.5 Å². The summed E-state index contributed by atoms with van der Waals surface area (Å²) in [5.74, 6) is 1.51. The number of aromatic hydroxyl groups is 2. The van der Waals surface area contributed by atoms with Crippen LogP contribution in [0.15, 0.2) is 97.1 Å². The summed E-state index contributed by atoms with van der Waals surface area (Å²) >= 11 is 0. The Morgan fingerprint density at radius 3 is 1.25 bits per heavy atom. The molecule has 0 amide bonds. The van der Waals surface area contributed by atoms with Crippen molar-refractivity contribution in [3.8, 4) is 45.3 Å². The van der Waals surface area contributed by atoms with Gasteiger partial charge in [-0.1, -0.05) is 48.5 Å². The zero-order chi connectivity index (χ0) is 22.8. The summed E-state index contributed by atoms with van der Waals surface area (Å²) < 4.78 is 0. The van der Waals surface area contributed by atoms with Crippen molar-refractivity contribution in [2.45, 2.75) is 0 Å². The van der Waals surface area contributed by atoms with E-state index in [1.54, 1.807) is 48.5 Å². The van der Waals surface area contributed by atoms with Crippen LogP contribution in [0.5, 0.6) is 23.0 Å². The van der Waals surface area contributed by atoms with Gasteiger partial charge in [-0.2, -0.15) is 0 Å². The van der Waals surface area contributed by atoms with E-state index in [4.69, 9.17) is 20.6 Å². The molecule has 0 fully saturated rings. The first-order valence-electron chi connectivity index (χ1n) is 10.0. The third-order valence-corrected chi connectivity index (χ3v) is 4.39. The average Bonchev–Trinajstić information content (AvgIpc) is 2.83. The molecule has 5 N–H and O–H groups in total. The van der Waals surface area contributed by atoms with Crippen LogP contribution in [0.1, 0.15) is 0 Å². The van der Waals surface area contributed by atoms with Crippen LogP contribution < -0.4 is 15.5 Å². The van der Waals surface area contributed by atoms with E-state index in [0.29, 0.717) is 18.0 Å². The summed E-state index contributed by atoms with van der Waals surface area (Å²) in [6, 6.07) is 28.9. The zero-order valence-corrected chi connectivity index (χ0v) is 17.4. The fourth-order valence-electron chi connectivity index (χ4n) is 2.92. The molecule has 0 aliphatic heterocycles. The molecule has 6 heteroatoms. The first kappa shape index (κ1) is 22.7. The van der Waals surface area contributed by atoms with Crippen molar-refractivity contribution in [3.05, 3.63) is 97.1 Å². The topological polar surface area (TPSA) is 105 Å². The Labute approximate surface area is 186 Å². The molecule has 0 aromatic heterocycles. The van der Waals surface area contributed by atoms with Gasteiger partial charge in [0.25, 0.3) is 0 Å². The highest BCUT2D eigenvalue weighted by atomic mass is 17.2. The standard InChI is InChI=1S/C24H18O4.C2H7NO/c25-21-9-1-5-17(13-21)19-7-3-11-23(15-19)27-28-24-12-4-8-20(16-24)18-6-2-10-22(26)14-18;3-1-2-4/h1-16,25-26H;4H,1-3H2. The van der Waals surface area contributed by atoms with E-state index in [2.05, 4.69) is 0 Å². The lowest BCUT2D eigenvalue weighted by Crippen LogP contribution is -2.02. The van der Waals surface area contributed by atoms with Crippen molar-refractivity contribution in [1.82, 2.24) is 0 Å². The van der Waals surface area contributed by atoms with Gasteiger partial charge in [-0.3, -0.25) is 9.78 Å². The van der Waals surface area contributed by atoms with Gasteiger partial charge < -0.3 is 21.1 Å². The van der Waals surface area contributed by atoms with E-state index < -0.39 is 0 Å². The van der Waals surface area contributed by atoms with Crippen molar-refractivity contribution in [2.75, 3.05) is 13.2 Å². The molecule has 0 saturated carbocycles. The number of hydrogen-bond donors (Lipinski definition) is 4. The largest absolute Gasteiger partial charge is 0.508 e. The van der Waals surface area contributed by atoms with Crippen LogP contribution in [0.2, 0.25) is 0 Å². The fraction of sp³-hybridized carbons (Fsp3) is 0.0769. The monoisotopic (exact) mass is 431 g/mol. The molecule has 4 aromatic carbocycles. The van der Waals surface area contributed by atoms with Gasteiger partial charge >= 0.3 is 0 Å². The predicted molar refractivity (Wildman–Crippen MR) is 124 cm³/mol. The summed E-state index contributed by atoms with van der Waals surface area (Å²) in [7, 11) is 0. The number of rotatable bonds is 6. The molecule has 6 nitrogen and oxygen atoms in total. The third-order valence-electron chi connectivity index (χ3n) is 4.39. The van der Waals surface area contributed by atoms with E-state index in [1.165, 1.54) is 0 Å². The quantitative estimate of drug-likeness (QED) is 0.260. The number of phenolic OH excluding ortho intramolecular Hbond substituents is 2. The molecule has 0 heterocycles. The highest BCUT2D eigenvalue weighted by molar-refractivity contribution is 5.67. The molecule has 32 heavy (non-hydrogen) atoms. The maximum absolute atomic E-state index is 9.66. The summed E-state index contributed by atoms with van der Waals surface area (Å²) in [6.07, 6.45) is 0. The van der Waals surface area contributed by atoms with Crippen molar-refractivity contribution < 1.29 is 25.1 Å². The van der Waals surface area contributed by atoms with E-state index in [0.717, 1.165) is 22.3 Å². The highest BCUT2D eigenvalue weighted by Gasteiger charge is 2.05. The zero-order valence-electron chi connectivity index (χ0n) is 17.4. The second kappa shape index (κ2) is 11.4. The predicted octanol–water partition coefficient (Wildman–Crippen LogP) is 4.74. The normalized spacial score (nSPS) is 10.1. The van der Waals surface area contributed by atoms with E-state index in [1.807, 2.05) is 48.5 Å². The summed E-state index contributed by atoms with van der Waals surface area (Å²) in [4.78, 5) is 11.0.